The number of hydrogen-bond donors (Lipinski definition) is 1. The van der Waals surface area contributed by atoms with Crippen LogP contribution in [-0.2, 0) is 4.79 Å². The van der Waals surface area contributed by atoms with Crippen LogP contribution in [0.25, 0.3) is 0 Å². The van der Waals surface area contributed by atoms with Gasteiger partial charge in [-0.3, -0.25) is 4.79 Å². The van der Waals surface area contributed by atoms with Gasteiger partial charge in [0, 0.05) is 25.3 Å². The van der Waals surface area contributed by atoms with Crippen LogP contribution in [0.4, 0.5) is 0 Å². The van der Waals surface area contributed by atoms with E-state index in [1.807, 2.05) is 0 Å². The molecule has 0 aromatic rings. The van der Waals surface area contributed by atoms with Crippen molar-refractivity contribution in [3.8, 4) is 0 Å². The number of carboxylic acid groups (broad SMARTS) is 1. The molecule has 0 rings (SSSR count). The zero-order valence-corrected chi connectivity index (χ0v) is 16.1. The molecule has 0 saturated carbocycles. The fourth-order valence-corrected chi connectivity index (χ4v) is 3.00. The first-order valence-corrected chi connectivity index (χ1v) is 9.99. The Morgan fingerprint density at radius 3 is 1.09 bits per heavy atom. The first kappa shape index (κ1) is 25.3. The summed E-state index contributed by atoms with van der Waals surface area (Å²) in [7, 11) is 0. The SMILES string of the molecule is CCCCCCCCCCCCCCCCCCCC(=O)O.[Li]. The van der Waals surface area contributed by atoms with Gasteiger partial charge < -0.3 is 5.11 Å². The van der Waals surface area contributed by atoms with Gasteiger partial charge in [0.15, 0.2) is 0 Å². The van der Waals surface area contributed by atoms with Crippen molar-refractivity contribution in [2.75, 3.05) is 0 Å². The van der Waals surface area contributed by atoms with E-state index in [1.54, 1.807) is 0 Å². The smallest absolute Gasteiger partial charge is 0.303 e. The maximum atomic E-state index is 10.4. The first-order valence-electron chi connectivity index (χ1n) is 9.99. The van der Waals surface area contributed by atoms with Crippen molar-refractivity contribution >= 4 is 24.8 Å². The van der Waals surface area contributed by atoms with Crippen LogP contribution in [0, 0.1) is 0 Å². The van der Waals surface area contributed by atoms with Crippen molar-refractivity contribution in [3.63, 3.8) is 0 Å². The summed E-state index contributed by atoms with van der Waals surface area (Å²) in [6, 6.07) is 0. The van der Waals surface area contributed by atoms with Crippen molar-refractivity contribution in [3.05, 3.63) is 0 Å². The molecule has 0 aliphatic heterocycles. The Hall–Kier alpha value is 0.0674. The van der Waals surface area contributed by atoms with Gasteiger partial charge in [0.2, 0.25) is 0 Å². The number of rotatable bonds is 18. The predicted molar refractivity (Wildman–Crippen MR) is 102 cm³/mol. The number of carbonyl (C=O) groups is 1. The van der Waals surface area contributed by atoms with Crippen LogP contribution in [0.5, 0.6) is 0 Å². The van der Waals surface area contributed by atoms with E-state index in [9.17, 15) is 4.79 Å². The minimum absolute atomic E-state index is 0. The Bertz CT molecular complexity index is 232. The molecule has 1 N–H and O–H groups in total. The van der Waals surface area contributed by atoms with Gasteiger partial charge in [0.1, 0.15) is 0 Å². The quantitative estimate of drug-likeness (QED) is 0.224. The van der Waals surface area contributed by atoms with E-state index in [-0.39, 0.29) is 18.9 Å². The average Bonchev–Trinajstić information content (AvgIpc) is 2.50. The van der Waals surface area contributed by atoms with Crippen molar-refractivity contribution in [1.29, 1.82) is 0 Å². The van der Waals surface area contributed by atoms with Gasteiger partial charge in [-0.1, -0.05) is 110 Å². The second kappa shape index (κ2) is 22.1. The van der Waals surface area contributed by atoms with Gasteiger partial charge in [0.05, 0.1) is 0 Å². The van der Waals surface area contributed by atoms with Crippen LogP contribution in [0.3, 0.4) is 0 Å². The molecule has 1 radical (unpaired) electrons. The number of unbranched alkanes of at least 4 members (excludes halogenated alkanes) is 16. The van der Waals surface area contributed by atoms with Crippen molar-refractivity contribution in [1.82, 2.24) is 0 Å². The van der Waals surface area contributed by atoms with Gasteiger partial charge in [-0.05, 0) is 6.42 Å². The Balaban J connectivity index is 0. The third-order valence-electron chi connectivity index (χ3n) is 4.49. The van der Waals surface area contributed by atoms with E-state index in [0.29, 0.717) is 6.42 Å². The van der Waals surface area contributed by atoms with E-state index in [0.717, 1.165) is 12.8 Å². The molecule has 0 atom stereocenters. The third-order valence-corrected chi connectivity index (χ3v) is 4.49. The first-order chi connectivity index (χ1) is 10.8. The molecule has 0 aliphatic rings. The monoisotopic (exact) mass is 319 g/mol. The van der Waals surface area contributed by atoms with Gasteiger partial charge in [0.25, 0.3) is 0 Å². The molecule has 0 aromatic carbocycles. The van der Waals surface area contributed by atoms with Crippen LogP contribution >= 0.6 is 0 Å². The summed E-state index contributed by atoms with van der Waals surface area (Å²) in [4.78, 5) is 10.4. The van der Waals surface area contributed by atoms with Crippen LogP contribution in [0.15, 0.2) is 0 Å². The summed E-state index contributed by atoms with van der Waals surface area (Å²) < 4.78 is 0. The van der Waals surface area contributed by atoms with Crippen LogP contribution in [0.1, 0.15) is 122 Å². The average molecular weight is 319 g/mol. The van der Waals surface area contributed by atoms with Gasteiger partial charge >= 0.3 is 5.97 Å². The van der Waals surface area contributed by atoms with E-state index in [1.165, 1.54) is 96.3 Å². The molecule has 133 valence electrons. The van der Waals surface area contributed by atoms with Crippen molar-refractivity contribution < 1.29 is 9.90 Å². The maximum absolute atomic E-state index is 10.4. The zero-order valence-electron chi connectivity index (χ0n) is 16.1. The molecule has 23 heavy (non-hydrogen) atoms. The molecule has 0 amide bonds. The Morgan fingerprint density at radius 2 is 0.826 bits per heavy atom. The predicted octanol–water partition coefficient (Wildman–Crippen LogP) is 6.73. The summed E-state index contributed by atoms with van der Waals surface area (Å²) >= 11 is 0. The van der Waals surface area contributed by atoms with E-state index >= 15 is 0 Å². The van der Waals surface area contributed by atoms with Crippen molar-refractivity contribution in [2.24, 2.45) is 0 Å². The minimum atomic E-state index is -0.652. The third kappa shape index (κ3) is 24.4. The molecule has 0 heterocycles. The largest absolute Gasteiger partial charge is 0.481 e. The Morgan fingerprint density at radius 1 is 0.565 bits per heavy atom. The van der Waals surface area contributed by atoms with Gasteiger partial charge in [-0.2, -0.15) is 0 Å². The number of hydrogen-bond acceptors (Lipinski definition) is 1. The molecule has 0 fully saturated rings. The topological polar surface area (TPSA) is 37.3 Å². The van der Waals surface area contributed by atoms with Crippen molar-refractivity contribution in [2.45, 2.75) is 122 Å². The van der Waals surface area contributed by atoms with Gasteiger partial charge in [-0.15, -0.1) is 0 Å². The molecule has 3 heteroatoms. The normalized spacial score (nSPS) is 10.5. The standard InChI is InChI=1S/C20H40O2.Li/c1-2-3-4-5-6-7-8-9-10-11-12-13-14-15-16-17-18-19-20(21)22;/h2-19H2,1H3,(H,21,22);. The zero-order chi connectivity index (χ0) is 16.3. The minimum Gasteiger partial charge on any atom is -0.481 e. The molecule has 0 unspecified atom stereocenters. The summed E-state index contributed by atoms with van der Waals surface area (Å²) in [5.41, 5.74) is 0. The number of aliphatic carboxylic acids is 1. The second-order valence-corrected chi connectivity index (χ2v) is 6.80. The van der Waals surface area contributed by atoms with Crippen LogP contribution in [-0.4, -0.2) is 29.9 Å². The van der Waals surface area contributed by atoms with Gasteiger partial charge in [-0.25, -0.2) is 0 Å². The molecule has 0 bridgehead atoms. The maximum Gasteiger partial charge on any atom is 0.303 e. The number of carboxylic acids is 1. The molecule has 2 nitrogen and oxygen atoms in total. The summed E-state index contributed by atoms with van der Waals surface area (Å²) in [5, 5.41) is 8.54. The molecular formula is C20H40LiO2. The van der Waals surface area contributed by atoms with E-state index in [4.69, 9.17) is 5.11 Å². The second-order valence-electron chi connectivity index (χ2n) is 6.80. The summed E-state index contributed by atoms with van der Waals surface area (Å²) in [6.07, 6.45) is 23.1. The Kier molecular flexibility index (Phi) is 24.3. The molecule has 0 saturated heterocycles. The molecule has 0 aromatic heterocycles. The van der Waals surface area contributed by atoms with E-state index < -0.39 is 5.97 Å². The van der Waals surface area contributed by atoms with Crippen LogP contribution in [0.2, 0.25) is 0 Å². The fraction of sp³-hybridized carbons (Fsp3) is 0.950. The Labute approximate surface area is 157 Å². The molecule has 0 spiro atoms. The molecule has 0 aliphatic carbocycles. The fourth-order valence-electron chi connectivity index (χ4n) is 3.00. The summed E-state index contributed by atoms with van der Waals surface area (Å²) in [5.74, 6) is -0.652. The molecular weight excluding hydrogens is 279 g/mol. The van der Waals surface area contributed by atoms with Crippen LogP contribution < -0.4 is 0 Å². The summed E-state index contributed by atoms with van der Waals surface area (Å²) in [6.45, 7) is 2.28. The van der Waals surface area contributed by atoms with E-state index in [2.05, 4.69) is 6.92 Å².